The summed E-state index contributed by atoms with van der Waals surface area (Å²) in [5, 5.41) is 0.984. The summed E-state index contributed by atoms with van der Waals surface area (Å²) in [4.78, 5) is 10.7. The molecule has 2 aromatic rings. The van der Waals surface area contributed by atoms with Gasteiger partial charge in [0.2, 0.25) is 0 Å². The molecule has 0 unspecified atom stereocenters. The lowest BCUT2D eigenvalue weighted by Crippen LogP contribution is -1.76. The second kappa shape index (κ2) is 3.00. The van der Waals surface area contributed by atoms with Gasteiger partial charge in [-0.3, -0.25) is 8.39 Å². The quantitative estimate of drug-likeness (QED) is 0.700. The fraction of sp³-hybridized carbons (Fsp3) is 0.100. The number of hydrogen-bond acceptors (Lipinski definition) is 1. The van der Waals surface area contributed by atoms with Crippen LogP contribution in [0.25, 0.3) is 10.9 Å². The number of hydrogen-bond donors (Lipinski definition) is 0. The first-order valence-electron chi connectivity index (χ1n) is 3.95. The highest BCUT2D eigenvalue weighted by Crippen LogP contribution is 2.22. The molecule has 66 valence electrons. The molecule has 0 atom stereocenters. The average Bonchev–Trinajstić information content (AvgIpc) is 2.43. The lowest BCUT2D eigenvalue weighted by atomic mass is 10.1. The van der Waals surface area contributed by atoms with Gasteiger partial charge in [0.1, 0.15) is 0 Å². The number of benzene rings is 1. The van der Waals surface area contributed by atoms with Crippen molar-refractivity contribution in [2.24, 2.45) is 0 Å². The van der Waals surface area contributed by atoms with Crippen molar-refractivity contribution < 1.29 is 4.79 Å². The minimum absolute atomic E-state index is 0.715. The Hall–Kier alpha value is -1.09. The van der Waals surface area contributed by atoms with E-state index in [1.165, 1.54) is 5.56 Å². The van der Waals surface area contributed by atoms with Crippen molar-refractivity contribution in [3.05, 3.63) is 35.5 Å². The van der Waals surface area contributed by atoms with E-state index in [9.17, 15) is 4.79 Å². The molecule has 1 aromatic heterocycles. The van der Waals surface area contributed by atoms with Crippen molar-refractivity contribution in [1.82, 2.24) is 3.59 Å². The molecule has 1 aromatic carbocycles. The Morgan fingerprint density at radius 2 is 2.23 bits per heavy atom. The molecule has 0 aliphatic rings. The highest BCUT2D eigenvalue weighted by Gasteiger charge is 2.05. The molecule has 0 saturated heterocycles. The molecule has 0 N–H and O–H groups in total. The van der Waals surface area contributed by atoms with E-state index < -0.39 is 0 Å². The summed E-state index contributed by atoms with van der Waals surface area (Å²) in [7, 11) is 0. The van der Waals surface area contributed by atoms with Crippen LogP contribution in [0, 0.1) is 6.92 Å². The van der Waals surface area contributed by atoms with Crippen LogP contribution in [0.5, 0.6) is 0 Å². The van der Waals surface area contributed by atoms with Crippen molar-refractivity contribution in [3.8, 4) is 0 Å². The maximum Gasteiger partial charge on any atom is 0.152 e. The van der Waals surface area contributed by atoms with Crippen molar-refractivity contribution in [2.45, 2.75) is 6.92 Å². The number of aromatic nitrogens is 1. The zero-order valence-corrected chi connectivity index (χ0v) is 8.71. The number of halogens is 1. The van der Waals surface area contributed by atoms with E-state index in [2.05, 4.69) is 16.1 Å². The molecule has 0 saturated carbocycles. The second-order valence-corrected chi connectivity index (χ2v) is 3.80. The lowest BCUT2D eigenvalue weighted by Gasteiger charge is -1.95. The zero-order valence-electron chi connectivity index (χ0n) is 7.12. The van der Waals surface area contributed by atoms with Gasteiger partial charge in [0.25, 0.3) is 0 Å². The van der Waals surface area contributed by atoms with Gasteiger partial charge in [0.05, 0.1) is 21.7 Å². The molecule has 0 spiro atoms. The number of aldehydes is 1. The van der Waals surface area contributed by atoms with Crippen molar-refractivity contribution in [2.75, 3.05) is 0 Å². The summed E-state index contributed by atoms with van der Waals surface area (Å²) in [5.74, 6) is 0. The minimum Gasteiger partial charge on any atom is -0.298 e. The zero-order chi connectivity index (χ0) is 9.42. The third-order valence-electron chi connectivity index (χ3n) is 2.07. The second-order valence-electron chi connectivity index (χ2n) is 3.03. The van der Waals surface area contributed by atoms with Crippen LogP contribution in [0.4, 0.5) is 0 Å². The number of fused-ring (bicyclic) bond motifs is 1. The molecular weight excluding hydrogens is 230 g/mol. The van der Waals surface area contributed by atoms with Gasteiger partial charge in [-0.15, -0.1) is 0 Å². The molecule has 0 bridgehead atoms. The first-order valence-corrected chi connectivity index (χ1v) is 4.66. The van der Waals surface area contributed by atoms with E-state index in [0.29, 0.717) is 5.56 Å². The van der Waals surface area contributed by atoms with Crippen LogP contribution in [0.15, 0.2) is 24.4 Å². The Labute approximate surface area is 84.5 Å². The minimum atomic E-state index is 0.715. The molecule has 2 nitrogen and oxygen atoms in total. The molecule has 3 heteroatoms. The van der Waals surface area contributed by atoms with Crippen molar-refractivity contribution in [1.29, 1.82) is 0 Å². The highest BCUT2D eigenvalue weighted by atomic mass is 79.9. The standard InChI is InChI=1S/C10H8BrNO/c1-7-2-3-9-8(6-13)5-12(11)10(9)4-7/h2-6H,1H3. The number of aryl methyl sites for hydroxylation is 1. The molecule has 0 fully saturated rings. The van der Waals surface area contributed by atoms with Gasteiger partial charge in [-0.1, -0.05) is 12.1 Å². The third kappa shape index (κ3) is 1.29. The molecule has 0 radical (unpaired) electrons. The Kier molecular flexibility index (Phi) is 1.96. The Bertz CT molecular complexity index is 473. The molecule has 1 heterocycles. The number of nitrogens with zero attached hydrogens (tertiary/aromatic N) is 1. The van der Waals surface area contributed by atoms with Gasteiger partial charge in [-0.2, -0.15) is 0 Å². The normalized spacial score (nSPS) is 10.6. The molecular formula is C10H8BrNO. The van der Waals surface area contributed by atoms with Crippen molar-refractivity contribution >= 4 is 33.3 Å². The summed E-state index contributed by atoms with van der Waals surface area (Å²) in [6.45, 7) is 2.03. The largest absolute Gasteiger partial charge is 0.298 e. The van der Waals surface area contributed by atoms with Gasteiger partial charge in [0, 0.05) is 17.1 Å². The summed E-state index contributed by atoms with van der Waals surface area (Å²) in [6, 6.07) is 6.01. The van der Waals surface area contributed by atoms with Gasteiger partial charge in [-0.05, 0) is 18.6 Å². The van der Waals surface area contributed by atoms with Crippen LogP contribution in [0.2, 0.25) is 0 Å². The summed E-state index contributed by atoms with van der Waals surface area (Å²) in [5.41, 5.74) is 2.93. The third-order valence-corrected chi connectivity index (χ3v) is 2.66. The maximum absolute atomic E-state index is 10.7. The van der Waals surface area contributed by atoms with Gasteiger partial charge < -0.3 is 0 Å². The topological polar surface area (TPSA) is 22.0 Å². The van der Waals surface area contributed by atoms with Crippen LogP contribution < -0.4 is 0 Å². The number of carbonyl (C=O) groups excluding carboxylic acids is 1. The Balaban J connectivity index is 2.88. The predicted octanol–water partition coefficient (Wildman–Crippen LogP) is 2.92. The summed E-state index contributed by atoms with van der Waals surface area (Å²) >= 11 is 3.35. The highest BCUT2D eigenvalue weighted by molar-refractivity contribution is 9.08. The number of rotatable bonds is 1. The average molecular weight is 238 g/mol. The van der Waals surface area contributed by atoms with E-state index in [1.54, 1.807) is 9.79 Å². The Morgan fingerprint density at radius 3 is 2.92 bits per heavy atom. The predicted molar refractivity (Wildman–Crippen MR) is 56.4 cm³/mol. The fourth-order valence-electron chi connectivity index (χ4n) is 1.42. The van der Waals surface area contributed by atoms with E-state index >= 15 is 0 Å². The SMILES string of the molecule is Cc1ccc2c(C=O)cn(Br)c2c1. The molecule has 0 aliphatic carbocycles. The molecule has 2 rings (SSSR count). The fourth-order valence-corrected chi connectivity index (χ4v) is 1.93. The van der Waals surface area contributed by atoms with E-state index in [-0.39, 0.29) is 0 Å². The van der Waals surface area contributed by atoms with E-state index in [0.717, 1.165) is 17.2 Å². The lowest BCUT2D eigenvalue weighted by molar-refractivity contribution is 0.112. The molecule has 13 heavy (non-hydrogen) atoms. The first kappa shape index (κ1) is 8.51. The van der Waals surface area contributed by atoms with Crippen molar-refractivity contribution in [3.63, 3.8) is 0 Å². The summed E-state index contributed by atoms with van der Waals surface area (Å²) < 4.78 is 1.79. The van der Waals surface area contributed by atoms with Crippen LogP contribution in [0.3, 0.4) is 0 Å². The van der Waals surface area contributed by atoms with E-state index in [4.69, 9.17) is 0 Å². The Morgan fingerprint density at radius 1 is 1.46 bits per heavy atom. The maximum atomic E-state index is 10.7. The van der Waals surface area contributed by atoms with Crippen LogP contribution in [0.1, 0.15) is 15.9 Å². The number of carbonyl (C=O) groups is 1. The van der Waals surface area contributed by atoms with Crippen LogP contribution in [-0.4, -0.2) is 9.88 Å². The summed E-state index contributed by atoms with van der Waals surface area (Å²) in [6.07, 6.45) is 2.65. The van der Waals surface area contributed by atoms with E-state index in [1.807, 2.05) is 25.1 Å². The van der Waals surface area contributed by atoms with Gasteiger partial charge in [-0.25, -0.2) is 0 Å². The van der Waals surface area contributed by atoms with Crippen LogP contribution in [-0.2, 0) is 0 Å². The smallest absolute Gasteiger partial charge is 0.152 e. The molecule has 0 aliphatic heterocycles. The monoisotopic (exact) mass is 237 g/mol. The first-order chi connectivity index (χ1) is 6.22. The molecule has 0 amide bonds. The van der Waals surface area contributed by atoms with Gasteiger partial charge in [0.15, 0.2) is 6.29 Å². The van der Waals surface area contributed by atoms with Gasteiger partial charge >= 0.3 is 0 Å². The van der Waals surface area contributed by atoms with Crippen LogP contribution >= 0.6 is 16.1 Å².